The maximum absolute atomic E-state index is 12.4. The van der Waals surface area contributed by atoms with Gasteiger partial charge in [-0.2, -0.15) is 0 Å². The van der Waals surface area contributed by atoms with Crippen LogP contribution >= 0.6 is 0 Å². The number of ether oxygens (including phenoxy) is 2. The van der Waals surface area contributed by atoms with E-state index < -0.39 is 4.92 Å². The predicted molar refractivity (Wildman–Crippen MR) is 100 cm³/mol. The molecule has 1 aliphatic rings. The monoisotopic (exact) mass is 371 g/mol. The second-order valence-corrected chi connectivity index (χ2v) is 6.05. The minimum Gasteiger partial charge on any atom is -0.495 e. The number of hydrogen-bond acceptors (Lipinski definition) is 6. The summed E-state index contributed by atoms with van der Waals surface area (Å²) in [6, 6.07) is 13.8. The van der Waals surface area contributed by atoms with Crippen LogP contribution in [0.4, 0.5) is 11.4 Å². The van der Waals surface area contributed by atoms with Crippen LogP contribution in [0.5, 0.6) is 11.5 Å². The van der Waals surface area contributed by atoms with Gasteiger partial charge in [-0.1, -0.05) is 24.3 Å². The number of piperazine rings is 1. The summed E-state index contributed by atoms with van der Waals surface area (Å²) >= 11 is 0. The molecule has 0 saturated carbocycles. The minimum atomic E-state index is -0.522. The highest BCUT2D eigenvalue weighted by Crippen LogP contribution is 2.28. The van der Waals surface area contributed by atoms with E-state index in [4.69, 9.17) is 9.47 Å². The van der Waals surface area contributed by atoms with Gasteiger partial charge in [0.05, 0.1) is 17.7 Å². The van der Waals surface area contributed by atoms with E-state index >= 15 is 0 Å². The quantitative estimate of drug-likeness (QED) is 0.572. The summed E-state index contributed by atoms with van der Waals surface area (Å²) in [7, 11) is 1.64. The maximum atomic E-state index is 12.4. The Kier molecular flexibility index (Phi) is 5.75. The van der Waals surface area contributed by atoms with Gasteiger partial charge in [0.2, 0.25) is 0 Å². The van der Waals surface area contributed by atoms with Crippen LogP contribution in [0.15, 0.2) is 48.5 Å². The van der Waals surface area contributed by atoms with Crippen molar-refractivity contribution in [2.45, 2.75) is 0 Å². The molecule has 2 aromatic rings. The molecule has 1 aliphatic heterocycles. The lowest BCUT2D eigenvalue weighted by molar-refractivity contribution is -0.385. The molecule has 0 atom stereocenters. The largest absolute Gasteiger partial charge is 0.495 e. The smallest absolute Gasteiger partial charge is 0.310 e. The van der Waals surface area contributed by atoms with Gasteiger partial charge in [-0.05, 0) is 18.2 Å². The third-order valence-electron chi connectivity index (χ3n) is 4.47. The van der Waals surface area contributed by atoms with E-state index in [0.29, 0.717) is 26.2 Å². The van der Waals surface area contributed by atoms with Gasteiger partial charge in [-0.25, -0.2) is 0 Å². The molecular formula is C19H21N3O5. The van der Waals surface area contributed by atoms with E-state index in [1.807, 2.05) is 24.3 Å². The Morgan fingerprint density at radius 2 is 1.67 bits per heavy atom. The van der Waals surface area contributed by atoms with Crippen LogP contribution in [-0.2, 0) is 4.79 Å². The molecule has 0 bridgehead atoms. The van der Waals surface area contributed by atoms with E-state index in [9.17, 15) is 14.9 Å². The van der Waals surface area contributed by atoms with Crippen molar-refractivity contribution < 1.29 is 19.2 Å². The Morgan fingerprint density at radius 3 is 2.33 bits per heavy atom. The second-order valence-electron chi connectivity index (χ2n) is 6.05. The van der Waals surface area contributed by atoms with Crippen molar-refractivity contribution in [3.8, 4) is 11.5 Å². The molecule has 0 radical (unpaired) electrons. The van der Waals surface area contributed by atoms with Crippen LogP contribution in [-0.4, -0.2) is 55.6 Å². The molecule has 0 N–H and O–H groups in total. The molecule has 1 saturated heterocycles. The molecule has 0 unspecified atom stereocenters. The maximum Gasteiger partial charge on any atom is 0.310 e. The van der Waals surface area contributed by atoms with Gasteiger partial charge in [0.25, 0.3) is 5.91 Å². The van der Waals surface area contributed by atoms with Gasteiger partial charge >= 0.3 is 5.69 Å². The van der Waals surface area contributed by atoms with Gasteiger partial charge in [0.1, 0.15) is 5.75 Å². The van der Waals surface area contributed by atoms with E-state index in [0.717, 1.165) is 11.4 Å². The number of para-hydroxylation sites is 4. The third kappa shape index (κ3) is 4.28. The number of amides is 1. The third-order valence-corrected chi connectivity index (χ3v) is 4.47. The van der Waals surface area contributed by atoms with Crippen molar-refractivity contribution in [2.24, 2.45) is 0 Å². The van der Waals surface area contributed by atoms with Crippen LogP contribution in [0.1, 0.15) is 0 Å². The van der Waals surface area contributed by atoms with E-state index in [1.165, 1.54) is 12.1 Å². The Labute approximate surface area is 157 Å². The van der Waals surface area contributed by atoms with Crippen molar-refractivity contribution in [1.29, 1.82) is 0 Å². The summed E-state index contributed by atoms with van der Waals surface area (Å²) in [5.41, 5.74) is 0.856. The standard InChI is InChI=1S/C19H21N3O5/c1-26-17-8-4-2-6-15(17)20-10-12-21(13-11-20)19(23)14-27-18-9-5-3-7-16(18)22(24)25/h2-9H,10-14H2,1H3. The fourth-order valence-corrected chi connectivity index (χ4v) is 3.05. The van der Waals surface area contributed by atoms with Crippen LogP contribution in [0.2, 0.25) is 0 Å². The van der Waals surface area contributed by atoms with Crippen LogP contribution < -0.4 is 14.4 Å². The topological polar surface area (TPSA) is 85.2 Å². The molecular weight excluding hydrogens is 350 g/mol. The first-order chi connectivity index (χ1) is 13.1. The molecule has 0 aromatic heterocycles. The number of nitro groups is 1. The number of nitrogens with zero attached hydrogens (tertiary/aromatic N) is 3. The molecule has 8 nitrogen and oxygen atoms in total. The van der Waals surface area contributed by atoms with Gasteiger partial charge in [0, 0.05) is 32.2 Å². The lowest BCUT2D eigenvalue weighted by Gasteiger charge is -2.36. The highest BCUT2D eigenvalue weighted by Gasteiger charge is 2.24. The molecule has 1 heterocycles. The highest BCUT2D eigenvalue weighted by atomic mass is 16.6. The Hall–Kier alpha value is -3.29. The number of anilines is 1. The van der Waals surface area contributed by atoms with Crippen LogP contribution in [0.3, 0.4) is 0 Å². The van der Waals surface area contributed by atoms with Crippen LogP contribution in [0, 0.1) is 10.1 Å². The Bertz CT molecular complexity index is 818. The molecule has 27 heavy (non-hydrogen) atoms. The SMILES string of the molecule is COc1ccccc1N1CCN(C(=O)COc2ccccc2[N+](=O)[O-])CC1. The average molecular weight is 371 g/mol. The number of carbonyl (C=O) groups is 1. The van der Waals surface area contributed by atoms with E-state index in [1.54, 1.807) is 24.1 Å². The van der Waals surface area contributed by atoms with Gasteiger partial charge in [-0.3, -0.25) is 14.9 Å². The lowest BCUT2D eigenvalue weighted by atomic mass is 10.2. The van der Waals surface area contributed by atoms with Crippen LogP contribution in [0.25, 0.3) is 0 Å². The zero-order valence-corrected chi connectivity index (χ0v) is 15.0. The summed E-state index contributed by atoms with van der Waals surface area (Å²) in [4.78, 5) is 26.8. The number of benzene rings is 2. The summed E-state index contributed by atoms with van der Waals surface area (Å²) in [5, 5.41) is 11.0. The van der Waals surface area contributed by atoms with E-state index in [-0.39, 0.29) is 24.0 Å². The summed E-state index contributed by atoms with van der Waals surface area (Å²) < 4.78 is 10.8. The second kappa shape index (κ2) is 8.39. The van der Waals surface area contributed by atoms with Crippen molar-refractivity contribution in [3.63, 3.8) is 0 Å². The fourth-order valence-electron chi connectivity index (χ4n) is 3.05. The molecule has 142 valence electrons. The molecule has 1 amide bonds. The first kappa shape index (κ1) is 18.5. The number of methoxy groups -OCH3 is 1. The zero-order chi connectivity index (χ0) is 19.2. The number of hydrogen-bond donors (Lipinski definition) is 0. The zero-order valence-electron chi connectivity index (χ0n) is 15.0. The van der Waals surface area contributed by atoms with Gasteiger partial charge in [0.15, 0.2) is 12.4 Å². The first-order valence-corrected chi connectivity index (χ1v) is 8.62. The lowest BCUT2D eigenvalue weighted by Crippen LogP contribution is -2.50. The molecule has 3 rings (SSSR count). The average Bonchev–Trinajstić information content (AvgIpc) is 2.72. The molecule has 0 aliphatic carbocycles. The fraction of sp³-hybridized carbons (Fsp3) is 0.316. The Morgan fingerprint density at radius 1 is 1.04 bits per heavy atom. The molecule has 0 spiro atoms. The molecule has 1 fully saturated rings. The molecule has 2 aromatic carbocycles. The summed E-state index contributed by atoms with van der Waals surface area (Å²) in [5.74, 6) is 0.716. The van der Waals surface area contributed by atoms with Crippen molar-refractivity contribution in [2.75, 3.05) is 44.8 Å². The van der Waals surface area contributed by atoms with Gasteiger partial charge in [-0.15, -0.1) is 0 Å². The minimum absolute atomic E-state index is 0.100. The molecule has 8 heteroatoms. The van der Waals surface area contributed by atoms with Gasteiger partial charge < -0.3 is 19.3 Å². The summed E-state index contributed by atoms with van der Waals surface area (Å²) in [6.07, 6.45) is 0. The summed E-state index contributed by atoms with van der Waals surface area (Å²) in [6.45, 7) is 2.24. The number of rotatable bonds is 6. The predicted octanol–water partition coefficient (Wildman–Crippen LogP) is 2.33. The first-order valence-electron chi connectivity index (χ1n) is 8.62. The number of nitro benzene ring substituents is 1. The van der Waals surface area contributed by atoms with Crippen molar-refractivity contribution >= 4 is 17.3 Å². The van der Waals surface area contributed by atoms with Crippen molar-refractivity contribution in [1.82, 2.24) is 4.90 Å². The van der Waals surface area contributed by atoms with Crippen molar-refractivity contribution in [3.05, 3.63) is 58.6 Å². The number of carbonyl (C=O) groups excluding carboxylic acids is 1. The van der Waals surface area contributed by atoms with E-state index in [2.05, 4.69) is 4.90 Å². The normalized spacial score (nSPS) is 14.0. The Balaban J connectivity index is 1.55. The highest BCUT2D eigenvalue weighted by molar-refractivity contribution is 5.78.